The summed E-state index contributed by atoms with van der Waals surface area (Å²) < 4.78 is 26.8. The normalized spacial score (nSPS) is 11.2. The second kappa shape index (κ2) is 9.34. The summed E-state index contributed by atoms with van der Waals surface area (Å²) in [4.78, 5) is 12.3. The summed E-state index contributed by atoms with van der Waals surface area (Å²) in [5, 5.41) is 2.84. The van der Waals surface area contributed by atoms with Gasteiger partial charge in [-0.2, -0.15) is 0 Å². The topological polar surface area (TPSA) is 75.3 Å². The highest BCUT2D eigenvalue weighted by molar-refractivity contribution is 7.89. The lowest BCUT2D eigenvalue weighted by Crippen LogP contribution is -2.26. The zero-order chi connectivity index (χ0) is 18.1. The Hall–Kier alpha value is -2.18. The first kappa shape index (κ1) is 19.1. The predicted molar refractivity (Wildman–Crippen MR) is 99.0 cm³/mol. The molecule has 25 heavy (non-hydrogen) atoms. The molecule has 134 valence electrons. The first-order chi connectivity index (χ1) is 12.0. The lowest BCUT2D eigenvalue weighted by molar-refractivity contribution is 0.0954. The first-order valence-electron chi connectivity index (χ1n) is 8.45. The van der Waals surface area contributed by atoms with Crippen LogP contribution in [0.5, 0.6) is 0 Å². The summed E-state index contributed by atoms with van der Waals surface area (Å²) in [7, 11) is -3.51. The third-order valence-electron chi connectivity index (χ3n) is 3.79. The number of nitrogens with one attached hydrogen (secondary N) is 2. The Labute approximate surface area is 149 Å². The maximum absolute atomic E-state index is 12.1. The van der Waals surface area contributed by atoms with Crippen molar-refractivity contribution in [1.82, 2.24) is 10.0 Å². The molecule has 0 fully saturated rings. The highest BCUT2D eigenvalue weighted by Crippen LogP contribution is 2.11. The van der Waals surface area contributed by atoms with E-state index in [0.717, 1.165) is 24.8 Å². The number of rotatable bonds is 9. The van der Waals surface area contributed by atoms with Gasteiger partial charge in [-0.1, -0.05) is 43.7 Å². The molecule has 2 N–H and O–H groups in total. The molecular formula is C19H24N2O3S. The van der Waals surface area contributed by atoms with Gasteiger partial charge in [0, 0.05) is 18.7 Å². The number of sulfonamides is 1. The smallest absolute Gasteiger partial charge is 0.251 e. The van der Waals surface area contributed by atoms with E-state index in [1.54, 1.807) is 0 Å². The van der Waals surface area contributed by atoms with Crippen LogP contribution in [0.3, 0.4) is 0 Å². The second-order valence-corrected chi connectivity index (χ2v) is 7.53. The Bertz CT molecular complexity index is 772. The van der Waals surface area contributed by atoms with Gasteiger partial charge in [0.1, 0.15) is 0 Å². The molecule has 0 aliphatic carbocycles. The summed E-state index contributed by atoms with van der Waals surface area (Å²) in [5.74, 6) is -0.209. The van der Waals surface area contributed by atoms with E-state index in [0.29, 0.717) is 18.7 Å². The fraction of sp³-hybridized carbons (Fsp3) is 0.316. The van der Waals surface area contributed by atoms with E-state index in [9.17, 15) is 13.2 Å². The SMILES string of the molecule is CCCCNS(=O)(=O)c1ccc(C(=O)NCCc2ccccc2)cc1. The van der Waals surface area contributed by atoms with Crippen molar-refractivity contribution in [3.05, 3.63) is 65.7 Å². The highest BCUT2D eigenvalue weighted by atomic mass is 32.2. The van der Waals surface area contributed by atoms with Crippen LogP contribution in [0.1, 0.15) is 35.7 Å². The van der Waals surface area contributed by atoms with Gasteiger partial charge in [-0.05, 0) is 42.7 Å². The number of carbonyl (C=O) groups excluding carboxylic acids is 1. The summed E-state index contributed by atoms with van der Waals surface area (Å²) in [5.41, 5.74) is 1.60. The van der Waals surface area contributed by atoms with E-state index in [-0.39, 0.29) is 10.8 Å². The zero-order valence-corrected chi connectivity index (χ0v) is 15.2. The van der Waals surface area contributed by atoms with Crippen LogP contribution in [-0.4, -0.2) is 27.4 Å². The number of unbranched alkanes of at least 4 members (excludes halogenated alkanes) is 1. The monoisotopic (exact) mass is 360 g/mol. The van der Waals surface area contributed by atoms with E-state index in [1.165, 1.54) is 24.3 Å². The van der Waals surface area contributed by atoms with Crippen molar-refractivity contribution < 1.29 is 13.2 Å². The molecule has 0 spiro atoms. The number of benzene rings is 2. The number of hydrogen-bond donors (Lipinski definition) is 2. The molecule has 1 amide bonds. The fourth-order valence-corrected chi connectivity index (χ4v) is 3.39. The van der Waals surface area contributed by atoms with Gasteiger partial charge >= 0.3 is 0 Å². The van der Waals surface area contributed by atoms with Crippen LogP contribution < -0.4 is 10.0 Å². The van der Waals surface area contributed by atoms with Gasteiger partial charge in [-0.3, -0.25) is 4.79 Å². The summed E-state index contributed by atoms with van der Waals surface area (Å²) in [6, 6.07) is 15.9. The van der Waals surface area contributed by atoms with Crippen LogP contribution in [-0.2, 0) is 16.4 Å². The maximum atomic E-state index is 12.1. The average molecular weight is 360 g/mol. The molecule has 0 aliphatic rings. The van der Waals surface area contributed by atoms with Crippen molar-refractivity contribution in [3.8, 4) is 0 Å². The van der Waals surface area contributed by atoms with Crippen LogP contribution in [0, 0.1) is 0 Å². The van der Waals surface area contributed by atoms with Crippen LogP contribution in [0.25, 0.3) is 0 Å². The Morgan fingerprint density at radius 2 is 1.64 bits per heavy atom. The molecule has 2 aromatic carbocycles. The minimum Gasteiger partial charge on any atom is -0.352 e. The molecule has 0 saturated carbocycles. The Kier molecular flexibility index (Phi) is 7.16. The van der Waals surface area contributed by atoms with Crippen molar-refractivity contribution in [3.63, 3.8) is 0 Å². The van der Waals surface area contributed by atoms with E-state index in [2.05, 4.69) is 10.0 Å². The Morgan fingerprint density at radius 1 is 0.960 bits per heavy atom. The van der Waals surface area contributed by atoms with Crippen molar-refractivity contribution in [2.45, 2.75) is 31.1 Å². The predicted octanol–water partition coefficient (Wildman–Crippen LogP) is 2.74. The molecule has 0 saturated heterocycles. The first-order valence-corrected chi connectivity index (χ1v) is 9.93. The lowest BCUT2D eigenvalue weighted by atomic mass is 10.1. The maximum Gasteiger partial charge on any atom is 0.251 e. The van der Waals surface area contributed by atoms with Crippen molar-refractivity contribution in [2.24, 2.45) is 0 Å². The van der Waals surface area contributed by atoms with Crippen LogP contribution in [0.15, 0.2) is 59.5 Å². The van der Waals surface area contributed by atoms with E-state index in [4.69, 9.17) is 0 Å². The lowest BCUT2D eigenvalue weighted by Gasteiger charge is -2.08. The third kappa shape index (κ3) is 5.99. The largest absolute Gasteiger partial charge is 0.352 e. The van der Waals surface area contributed by atoms with Crippen molar-refractivity contribution in [1.29, 1.82) is 0 Å². The van der Waals surface area contributed by atoms with Gasteiger partial charge in [0.15, 0.2) is 0 Å². The van der Waals surface area contributed by atoms with E-state index >= 15 is 0 Å². The third-order valence-corrected chi connectivity index (χ3v) is 5.27. The van der Waals surface area contributed by atoms with Gasteiger partial charge in [0.2, 0.25) is 10.0 Å². The zero-order valence-electron chi connectivity index (χ0n) is 14.4. The minimum absolute atomic E-state index is 0.171. The molecule has 0 atom stereocenters. The summed E-state index contributed by atoms with van der Waals surface area (Å²) >= 11 is 0. The van der Waals surface area contributed by atoms with E-state index in [1.807, 2.05) is 37.3 Å². The molecule has 0 aromatic heterocycles. The van der Waals surface area contributed by atoms with Gasteiger partial charge < -0.3 is 5.32 Å². The second-order valence-electron chi connectivity index (χ2n) is 5.77. The molecule has 2 aromatic rings. The number of hydrogen-bond acceptors (Lipinski definition) is 3. The molecular weight excluding hydrogens is 336 g/mol. The van der Waals surface area contributed by atoms with Gasteiger partial charge in [-0.25, -0.2) is 13.1 Å². The van der Waals surface area contributed by atoms with Gasteiger partial charge in [0.05, 0.1) is 4.90 Å². The van der Waals surface area contributed by atoms with Crippen molar-refractivity contribution >= 4 is 15.9 Å². The number of amides is 1. The van der Waals surface area contributed by atoms with Crippen LogP contribution >= 0.6 is 0 Å². The molecule has 6 heteroatoms. The standard InChI is InChI=1S/C19H24N2O3S/c1-2-3-14-21-25(23,24)18-11-9-17(10-12-18)19(22)20-15-13-16-7-5-4-6-8-16/h4-12,21H,2-3,13-15H2,1H3,(H,20,22). The quantitative estimate of drug-likeness (QED) is 0.675. The molecule has 0 heterocycles. The highest BCUT2D eigenvalue weighted by Gasteiger charge is 2.14. The fourth-order valence-electron chi connectivity index (χ4n) is 2.32. The molecule has 0 bridgehead atoms. The molecule has 0 aliphatic heterocycles. The van der Waals surface area contributed by atoms with Gasteiger partial charge in [-0.15, -0.1) is 0 Å². The van der Waals surface area contributed by atoms with Crippen LogP contribution in [0.4, 0.5) is 0 Å². The van der Waals surface area contributed by atoms with Crippen molar-refractivity contribution in [2.75, 3.05) is 13.1 Å². The van der Waals surface area contributed by atoms with Crippen LogP contribution in [0.2, 0.25) is 0 Å². The molecule has 0 radical (unpaired) electrons. The average Bonchev–Trinajstić information content (AvgIpc) is 2.63. The molecule has 5 nitrogen and oxygen atoms in total. The summed E-state index contributed by atoms with van der Waals surface area (Å²) in [6.07, 6.45) is 2.46. The summed E-state index contributed by atoms with van der Waals surface area (Å²) in [6.45, 7) is 2.95. The van der Waals surface area contributed by atoms with E-state index < -0.39 is 10.0 Å². The Balaban J connectivity index is 1.89. The van der Waals surface area contributed by atoms with Gasteiger partial charge in [0.25, 0.3) is 5.91 Å². The Morgan fingerprint density at radius 3 is 2.28 bits per heavy atom. The molecule has 2 rings (SSSR count). The minimum atomic E-state index is -3.51. The number of carbonyl (C=O) groups is 1. The molecule has 0 unspecified atom stereocenters.